The number of Topliss-reactive ketones (excluding diaryl/α,β-unsaturated/α-hetero) is 1. The second-order valence-electron chi connectivity index (χ2n) is 6.21. The predicted molar refractivity (Wildman–Crippen MR) is 101 cm³/mol. The lowest BCUT2D eigenvalue weighted by molar-refractivity contribution is 0.102. The van der Waals surface area contributed by atoms with Crippen LogP contribution in [0.3, 0.4) is 0 Å². The van der Waals surface area contributed by atoms with Crippen molar-refractivity contribution in [1.82, 2.24) is 14.0 Å². The number of pyridine rings is 1. The van der Waals surface area contributed by atoms with Gasteiger partial charge in [-0.15, -0.1) is 0 Å². The van der Waals surface area contributed by atoms with Crippen LogP contribution in [0.15, 0.2) is 41.8 Å². The van der Waals surface area contributed by atoms with Gasteiger partial charge in [0.2, 0.25) is 0 Å². The average molecular weight is 357 g/mol. The molecule has 0 N–H and O–H groups in total. The number of hydrogen-bond acceptors (Lipinski definition) is 4. The largest absolute Gasteiger partial charge is 0.383 e. The number of aryl methyl sites for hydroxylation is 1. The van der Waals surface area contributed by atoms with Gasteiger partial charge in [-0.25, -0.2) is 4.98 Å². The van der Waals surface area contributed by atoms with Crippen LogP contribution in [0.5, 0.6) is 0 Å². The van der Waals surface area contributed by atoms with Crippen molar-refractivity contribution in [3.05, 3.63) is 53.6 Å². The number of aromatic nitrogens is 3. The van der Waals surface area contributed by atoms with Gasteiger partial charge >= 0.3 is 0 Å². The van der Waals surface area contributed by atoms with Gasteiger partial charge in [-0.2, -0.15) is 0 Å². The van der Waals surface area contributed by atoms with E-state index in [1.54, 1.807) is 7.11 Å². The van der Waals surface area contributed by atoms with E-state index in [0.717, 1.165) is 27.6 Å². The quantitative estimate of drug-likeness (QED) is 0.475. The highest BCUT2D eigenvalue weighted by Gasteiger charge is 2.19. The molecule has 5 nitrogen and oxygen atoms in total. The van der Waals surface area contributed by atoms with Crippen LogP contribution in [-0.4, -0.2) is 39.2 Å². The van der Waals surface area contributed by atoms with Crippen molar-refractivity contribution in [2.24, 2.45) is 0 Å². The normalized spacial score (nSPS) is 12.6. The highest BCUT2D eigenvalue weighted by Crippen LogP contribution is 2.24. The van der Waals surface area contributed by atoms with Crippen molar-refractivity contribution < 1.29 is 9.53 Å². The van der Waals surface area contributed by atoms with Crippen molar-refractivity contribution in [2.45, 2.75) is 32.0 Å². The summed E-state index contributed by atoms with van der Waals surface area (Å²) in [5.41, 5.74) is 3.90. The van der Waals surface area contributed by atoms with E-state index in [1.807, 2.05) is 54.9 Å². The molecule has 0 spiro atoms. The van der Waals surface area contributed by atoms with Gasteiger partial charge in [0.25, 0.3) is 0 Å². The molecule has 3 rings (SSSR count). The van der Waals surface area contributed by atoms with Crippen molar-refractivity contribution in [3.63, 3.8) is 0 Å². The van der Waals surface area contributed by atoms with Crippen LogP contribution in [0.1, 0.15) is 34.7 Å². The van der Waals surface area contributed by atoms with Gasteiger partial charge in [-0.05, 0) is 39.0 Å². The fraction of sp³-hybridized carbons (Fsp3) is 0.368. The molecular weight excluding hydrogens is 334 g/mol. The first kappa shape index (κ1) is 17.8. The molecule has 0 aliphatic heterocycles. The Morgan fingerprint density at radius 2 is 2.16 bits per heavy atom. The number of fused-ring (bicyclic) bond motifs is 1. The summed E-state index contributed by atoms with van der Waals surface area (Å²) >= 11 is 1.47. The molecule has 3 aromatic heterocycles. The Morgan fingerprint density at radius 1 is 1.36 bits per heavy atom. The molecule has 0 saturated heterocycles. The summed E-state index contributed by atoms with van der Waals surface area (Å²) in [7, 11) is 1.70. The first-order valence-electron chi connectivity index (χ1n) is 8.28. The van der Waals surface area contributed by atoms with Crippen LogP contribution >= 0.6 is 11.8 Å². The zero-order valence-corrected chi connectivity index (χ0v) is 15.8. The monoisotopic (exact) mass is 357 g/mol. The van der Waals surface area contributed by atoms with E-state index < -0.39 is 0 Å². The number of rotatable bonds is 7. The van der Waals surface area contributed by atoms with Crippen molar-refractivity contribution >= 4 is 23.1 Å². The number of imidazole rings is 1. The van der Waals surface area contributed by atoms with Crippen molar-refractivity contribution in [1.29, 1.82) is 0 Å². The second-order valence-corrected chi connectivity index (χ2v) is 7.15. The van der Waals surface area contributed by atoms with E-state index in [9.17, 15) is 4.79 Å². The van der Waals surface area contributed by atoms with E-state index in [-0.39, 0.29) is 11.8 Å². The summed E-state index contributed by atoms with van der Waals surface area (Å²) in [6, 6.07) is 8.13. The van der Waals surface area contributed by atoms with Crippen LogP contribution in [-0.2, 0) is 4.74 Å². The Balaban J connectivity index is 1.76. The van der Waals surface area contributed by atoms with E-state index in [4.69, 9.17) is 4.74 Å². The average Bonchev–Trinajstić information content (AvgIpc) is 3.13. The molecule has 3 aromatic rings. The molecule has 1 unspecified atom stereocenters. The standard InChI is InChI=1S/C19H23N3O2S/c1-13-9-17(15(3)22(13)14(2)11-24-4)18(23)12-25-19-20-10-16-7-5-6-8-21(16)19/h5-10,14H,11-12H2,1-4H3. The molecule has 0 aromatic carbocycles. The third-order valence-corrected chi connectivity index (χ3v) is 5.34. The highest BCUT2D eigenvalue weighted by atomic mass is 32.2. The van der Waals surface area contributed by atoms with E-state index in [0.29, 0.717) is 12.4 Å². The number of carbonyl (C=O) groups excluding carboxylic acids is 1. The molecular formula is C19H23N3O2S. The Morgan fingerprint density at radius 3 is 2.92 bits per heavy atom. The summed E-state index contributed by atoms with van der Waals surface area (Å²) < 4.78 is 9.43. The SMILES string of the molecule is COCC(C)n1c(C)cc(C(=O)CSc2ncc3ccccn23)c1C. The van der Waals surface area contributed by atoms with Gasteiger partial charge in [0, 0.05) is 30.3 Å². The predicted octanol–water partition coefficient (Wildman–Crippen LogP) is 3.94. The van der Waals surface area contributed by atoms with Crippen LogP contribution in [0.25, 0.3) is 5.52 Å². The minimum absolute atomic E-state index is 0.127. The molecule has 0 saturated carbocycles. The topological polar surface area (TPSA) is 48.5 Å². The van der Waals surface area contributed by atoms with Gasteiger partial charge in [-0.1, -0.05) is 17.8 Å². The summed E-state index contributed by atoms with van der Waals surface area (Å²) in [4.78, 5) is 17.2. The van der Waals surface area contributed by atoms with Gasteiger partial charge in [-0.3, -0.25) is 9.20 Å². The lowest BCUT2D eigenvalue weighted by Crippen LogP contribution is -2.14. The number of carbonyl (C=O) groups is 1. The summed E-state index contributed by atoms with van der Waals surface area (Å²) in [6.45, 7) is 6.76. The summed E-state index contributed by atoms with van der Waals surface area (Å²) in [5, 5.41) is 0.838. The molecule has 6 heteroatoms. The number of ether oxygens (including phenoxy) is 1. The maximum Gasteiger partial charge on any atom is 0.175 e. The Hall–Kier alpha value is -2.05. The molecule has 1 atom stereocenters. The number of hydrogen-bond donors (Lipinski definition) is 0. The van der Waals surface area contributed by atoms with Crippen LogP contribution in [0.2, 0.25) is 0 Å². The first-order chi connectivity index (χ1) is 12.0. The van der Waals surface area contributed by atoms with Crippen LogP contribution < -0.4 is 0 Å². The molecule has 0 amide bonds. The first-order valence-corrected chi connectivity index (χ1v) is 9.27. The van der Waals surface area contributed by atoms with E-state index in [2.05, 4.69) is 16.5 Å². The van der Waals surface area contributed by atoms with Gasteiger partial charge in [0.15, 0.2) is 10.9 Å². The van der Waals surface area contributed by atoms with Gasteiger partial charge < -0.3 is 9.30 Å². The zero-order valence-electron chi connectivity index (χ0n) is 15.0. The molecule has 0 fully saturated rings. The zero-order chi connectivity index (χ0) is 18.0. The van der Waals surface area contributed by atoms with E-state index in [1.165, 1.54) is 11.8 Å². The fourth-order valence-electron chi connectivity index (χ4n) is 3.29. The Labute approximate surface area is 152 Å². The molecule has 0 aliphatic rings. The maximum atomic E-state index is 12.7. The fourth-order valence-corrected chi connectivity index (χ4v) is 4.14. The lowest BCUT2D eigenvalue weighted by atomic mass is 10.2. The maximum absolute atomic E-state index is 12.7. The Bertz CT molecular complexity index is 897. The third kappa shape index (κ3) is 3.50. The van der Waals surface area contributed by atoms with Crippen LogP contribution in [0.4, 0.5) is 0 Å². The smallest absolute Gasteiger partial charge is 0.175 e. The molecule has 3 heterocycles. The van der Waals surface area contributed by atoms with Crippen molar-refractivity contribution in [2.75, 3.05) is 19.5 Å². The van der Waals surface area contributed by atoms with Gasteiger partial charge in [0.1, 0.15) is 0 Å². The summed E-state index contributed by atoms with van der Waals surface area (Å²) in [6.07, 6.45) is 3.79. The molecule has 132 valence electrons. The summed E-state index contributed by atoms with van der Waals surface area (Å²) in [5.74, 6) is 0.499. The molecule has 0 bridgehead atoms. The Kier molecular flexibility index (Phi) is 5.30. The number of nitrogens with zero attached hydrogens (tertiary/aromatic N) is 3. The third-order valence-electron chi connectivity index (χ3n) is 4.37. The molecule has 0 radical (unpaired) electrons. The molecule has 25 heavy (non-hydrogen) atoms. The highest BCUT2D eigenvalue weighted by molar-refractivity contribution is 7.99. The van der Waals surface area contributed by atoms with Crippen molar-refractivity contribution in [3.8, 4) is 0 Å². The van der Waals surface area contributed by atoms with E-state index >= 15 is 0 Å². The number of methoxy groups -OCH3 is 1. The lowest BCUT2D eigenvalue weighted by Gasteiger charge is -2.17. The second kappa shape index (κ2) is 7.45. The van der Waals surface area contributed by atoms with Crippen LogP contribution in [0, 0.1) is 13.8 Å². The minimum Gasteiger partial charge on any atom is -0.383 e. The van der Waals surface area contributed by atoms with Gasteiger partial charge in [0.05, 0.1) is 30.1 Å². The number of thioether (sulfide) groups is 1. The molecule has 0 aliphatic carbocycles. The number of ketones is 1. The minimum atomic E-state index is 0.127.